The molecule has 0 aliphatic carbocycles. The minimum Gasteiger partial charge on any atom is -0.480 e. The van der Waals surface area contributed by atoms with Crippen LogP contribution in [0.1, 0.15) is 17.3 Å². The van der Waals surface area contributed by atoms with Crippen LogP contribution in [-0.4, -0.2) is 29.6 Å². The second kappa shape index (κ2) is 6.81. The first kappa shape index (κ1) is 15.1. The van der Waals surface area contributed by atoms with Gasteiger partial charge in [0, 0.05) is 4.47 Å². The van der Waals surface area contributed by atoms with Gasteiger partial charge in [-0.15, -0.1) is 6.42 Å². The van der Waals surface area contributed by atoms with Gasteiger partial charge in [0.2, 0.25) is 0 Å². The minimum absolute atomic E-state index is 0.0141. The summed E-state index contributed by atoms with van der Waals surface area (Å²) < 4.78 is 6.01. The molecule has 2 N–H and O–H groups in total. The van der Waals surface area contributed by atoms with Crippen molar-refractivity contribution in [3.8, 4) is 18.1 Å². The molecule has 0 fully saturated rings. The lowest BCUT2D eigenvalue weighted by molar-refractivity contribution is -0.127. The minimum atomic E-state index is -1.13. The molecule has 0 aliphatic heterocycles. The largest absolute Gasteiger partial charge is 0.480 e. The maximum atomic E-state index is 11.6. The number of halogens is 1. The second-order valence-corrected chi connectivity index (χ2v) is 4.54. The molecule has 0 spiro atoms. The van der Waals surface area contributed by atoms with E-state index in [1.165, 1.54) is 19.1 Å². The molecule has 0 aliphatic rings. The van der Waals surface area contributed by atoms with E-state index in [2.05, 4.69) is 27.2 Å². The van der Waals surface area contributed by atoms with E-state index >= 15 is 0 Å². The summed E-state index contributed by atoms with van der Waals surface area (Å²) in [7, 11) is 0. The molecule has 0 saturated heterocycles. The smallest absolute Gasteiger partial charge is 0.339 e. The van der Waals surface area contributed by atoms with Gasteiger partial charge in [0.05, 0.1) is 6.54 Å². The first-order valence-electron chi connectivity index (χ1n) is 5.36. The van der Waals surface area contributed by atoms with Crippen LogP contribution in [0.3, 0.4) is 0 Å². The number of benzene rings is 1. The summed E-state index contributed by atoms with van der Waals surface area (Å²) in [6.45, 7) is 1.61. The van der Waals surface area contributed by atoms with Crippen LogP contribution in [-0.2, 0) is 4.79 Å². The summed E-state index contributed by atoms with van der Waals surface area (Å²) in [4.78, 5) is 22.6. The molecule has 1 unspecified atom stereocenters. The van der Waals surface area contributed by atoms with Crippen molar-refractivity contribution in [2.75, 3.05) is 6.54 Å². The number of rotatable bonds is 5. The van der Waals surface area contributed by atoms with Crippen molar-refractivity contribution >= 4 is 27.8 Å². The van der Waals surface area contributed by atoms with Crippen LogP contribution in [0.15, 0.2) is 22.7 Å². The average Bonchev–Trinajstić information content (AvgIpc) is 2.35. The molecule has 5 nitrogen and oxygen atoms in total. The van der Waals surface area contributed by atoms with Crippen LogP contribution in [0.25, 0.3) is 0 Å². The first-order chi connectivity index (χ1) is 8.95. The zero-order valence-corrected chi connectivity index (χ0v) is 11.7. The highest BCUT2D eigenvalue weighted by Gasteiger charge is 2.18. The van der Waals surface area contributed by atoms with Crippen LogP contribution in [0.4, 0.5) is 0 Å². The number of hydrogen-bond acceptors (Lipinski definition) is 3. The number of carbonyl (C=O) groups excluding carboxylic acids is 1. The van der Waals surface area contributed by atoms with E-state index in [4.69, 9.17) is 16.3 Å². The van der Waals surface area contributed by atoms with E-state index < -0.39 is 18.0 Å². The molecule has 1 amide bonds. The van der Waals surface area contributed by atoms with E-state index in [1.54, 1.807) is 6.07 Å². The molecule has 0 aromatic heterocycles. The maximum absolute atomic E-state index is 11.6. The Kier molecular flexibility index (Phi) is 5.39. The first-order valence-corrected chi connectivity index (χ1v) is 6.15. The van der Waals surface area contributed by atoms with Gasteiger partial charge >= 0.3 is 5.97 Å². The number of ether oxygens (including phenoxy) is 1. The van der Waals surface area contributed by atoms with Gasteiger partial charge in [-0.25, -0.2) is 4.79 Å². The Morgan fingerprint density at radius 2 is 2.26 bits per heavy atom. The Morgan fingerprint density at radius 3 is 2.84 bits per heavy atom. The molecule has 0 heterocycles. The zero-order chi connectivity index (χ0) is 14.4. The number of carbonyl (C=O) groups is 2. The average molecular weight is 326 g/mol. The molecule has 1 atom stereocenters. The normalized spacial score (nSPS) is 11.2. The molecule has 0 saturated carbocycles. The number of terminal acetylenes is 1. The summed E-state index contributed by atoms with van der Waals surface area (Å²) >= 11 is 3.21. The third kappa shape index (κ3) is 4.30. The third-order valence-electron chi connectivity index (χ3n) is 2.21. The molecule has 19 heavy (non-hydrogen) atoms. The Bertz CT molecular complexity index is 536. The summed E-state index contributed by atoms with van der Waals surface area (Å²) in [5.41, 5.74) is -0.0141. The number of nitrogens with one attached hydrogen (secondary N) is 1. The van der Waals surface area contributed by atoms with Gasteiger partial charge in [0.25, 0.3) is 5.91 Å². The van der Waals surface area contributed by atoms with Crippen molar-refractivity contribution < 1.29 is 19.4 Å². The van der Waals surface area contributed by atoms with Gasteiger partial charge in [-0.05, 0) is 25.1 Å². The van der Waals surface area contributed by atoms with E-state index in [0.29, 0.717) is 4.47 Å². The van der Waals surface area contributed by atoms with Crippen molar-refractivity contribution in [1.82, 2.24) is 5.32 Å². The van der Waals surface area contributed by atoms with E-state index in [1.807, 2.05) is 0 Å². The number of hydrogen-bond donors (Lipinski definition) is 2. The Morgan fingerprint density at radius 1 is 1.58 bits per heavy atom. The summed E-state index contributed by atoms with van der Waals surface area (Å²) in [5, 5.41) is 11.5. The molecule has 100 valence electrons. The molecular formula is C13H12BrNO4. The topological polar surface area (TPSA) is 75.6 Å². The predicted octanol–water partition coefficient (Wildman–Crippen LogP) is 1.66. The van der Waals surface area contributed by atoms with E-state index in [0.717, 1.165) is 0 Å². The molecule has 6 heteroatoms. The fourth-order valence-corrected chi connectivity index (χ4v) is 1.64. The molecule has 1 aromatic carbocycles. The van der Waals surface area contributed by atoms with Gasteiger partial charge in [0.1, 0.15) is 11.3 Å². The van der Waals surface area contributed by atoms with Crippen LogP contribution in [0, 0.1) is 12.3 Å². The van der Waals surface area contributed by atoms with Crippen molar-refractivity contribution in [3.05, 3.63) is 28.2 Å². The summed E-state index contributed by atoms with van der Waals surface area (Å²) in [5.74, 6) is 0.849. The van der Waals surface area contributed by atoms with E-state index in [-0.39, 0.29) is 17.9 Å². The third-order valence-corrected chi connectivity index (χ3v) is 2.70. The zero-order valence-electron chi connectivity index (χ0n) is 10.1. The van der Waals surface area contributed by atoms with Crippen LogP contribution in [0.2, 0.25) is 0 Å². The highest BCUT2D eigenvalue weighted by molar-refractivity contribution is 9.10. The fraction of sp³-hybridized carbons (Fsp3) is 0.231. The van der Waals surface area contributed by atoms with Gasteiger partial charge in [-0.1, -0.05) is 21.9 Å². The van der Waals surface area contributed by atoms with Gasteiger partial charge in [-0.3, -0.25) is 4.79 Å². The summed E-state index contributed by atoms with van der Waals surface area (Å²) in [6.07, 6.45) is 4.18. The fourth-order valence-electron chi connectivity index (χ4n) is 1.30. The monoisotopic (exact) mass is 325 g/mol. The number of carboxylic acids is 1. The van der Waals surface area contributed by atoms with Crippen molar-refractivity contribution in [1.29, 1.82) is 0 Å². The molecule has 0 bridgehead atoms. The van der Waals surface area contributed by atoms with Gasteiger partial charge in [0.15, 0.2) is 6.10 Å². The number of aromatic carboxylic acids is 1. The van der Waals surface area contributed by atoms with E-state index in [9.17, 15) is 9.59 Å². The van der Waals surface area contributed by atoms with Crippen molar-refractivity contribution in [2.24, 2.45) is 0 Å². The SMILES string of the molecule is C#CCNC(=O)C(C)Oc1cc(Br)ccc1C(=O)O. The summed E-state index contributed by atoms with van der Waals surface area (Å²) in [6, 6.07) is 4.47. The number of amides is 1. The standard InChI is InChI=1S/C13H12BrNO4/c1-3-6-15-12(16)8(2)19-11-7-9(14)4-5-10(11)13(17)18/h1,4-5,7-8H,6H2,2H3,(H,15,16)(H,17,18). The van der Waals surface area contributed by atoms with Crippen LogP contribution in [0.5, 0.6) is 5.75 Å². The molecular weight excluding hydrogens is 314 g/mol. The highest BCUT2D eigenvalue weighted by Crippen LogP contribution is 2.24. The number of carboxylic acid groups (broad SMARTS) is 1. The van der Waals surface area contributed by atoms with Gasteiger partial charge in [-0.2, -0.15) is 0 Å². The van der Waals surface area contributed by atoms with Crippen molar-refractivity contribution in [3.63, 3.8) is 0 Å². The highest BCUT2D eigenvalue weighted by atomic mass is 79.9. The second-order valence-electron chi connectivity index (χ2n) is 3.63. The Hall–Kier alpha value is -2.00. The molecule has 1 aromatic rings. The van der Waals surface area contributed by atoms with Crippen LogP contribution < -0.4 is 10.1 Å². The lowest BCUT2D eigenvalue weighted by Crippen LogP contribution is -2.36. The molecule has 0 radical (unpaired) electrons. The van der Waals surface area contributed by atoms with Crippen LogP contribution >= 0.6 is 15.9 Å². The quantitative estimate of drug-likeness (QED) is 0.807. The Labute approximate surface area is 119 Å². The maximum Gasteiger partial charge on any atom is 0.339 e. The Balaban J connectivity index is 2.87. The van der Waals surface area contributed by atoms with Gasteiger partial charge < -0.3 is 15.2 Å². The lowest BCUT2D eigenvalue weighted by Gasteiger charge is -2.15. The van der Waals surface area contributed by atoms with Crippen molar-refractivity contribution in [2.45, 2.75) is 13.0 Å². The lowest BCUT2D eigenvalue weighted by atomic mass is 10.2. The molecule has 1 rings (SSSR count). The predicted molar refractivity (Wildman–Crippen MR) is 73.0 cm³/mol.